The fraction of sp³-hybridized carbons (Fsp3) is 0.714. The molecular formula is C7H12N2O2S. The van der Waals surface area contributed by atoms with E-state index in [1.807, 2.05) is 0 Å². The van der Waals surface area contributed by atoms with Crippen molar-refractivity contribution in [3.63, 3.8) is 0 Å². The Morgan fingerprint density at radius 3 is 3.00 bits per heavy atom. The summed E-state index contributed by atoms with van der Waals surface area (Å²) in [6.45, 7) is 3.04. The fourth-order valence-electron chi connectivity index (χ4n) is 1.01. The fourth-order valence-corrected chi connectivity index (χ4v) is 1.10. The van der Waals surface area contributed by atoms with Crippen LogP contribution in [0.15, 0.2) is 0 Å². The Bertz CT molecular complexity index is 208. The van der Waals surface area contributed by atoms with Crippen molar-refractivity contribution in [3.05, 3.63) is 0 Å². The van der Waals surface area contributed by atoms with Gasteiger partial charge in [0.2, 0.25) is 0 Å². The molecule has 68 valence electrons. The van der Waals surface area contributed by atoms with Crippen LogP contribution in [0.1, 0.15) is 6.92 Å². The highest BCUT2D eigenvalue weighted by Gasteiger charge is 2.27. The molecule has 1 rings (SSSR count). The number of hydrogen-bond donors (Lipinski definition) is 1. The summed E-state index contributed by atoms with van der Waals surface area (Å²) in [4.78, 5) is 13.1. The Kier molecular flexibility index (Phi) is 2.86. The van der Waals surface area contributed by atoms with E-state index in [1.165, 1.54) is 0 Å². The van der Waals surface area contributed by atoms with Crippen LogP contribution in [0.3, 0.4) is 0 Å². The van der Waals surface area contributed by atoms with Crippen LogP contribution in [-0.4, -0.2) is 42.2 Å². The molecule has 0 saturated carbocycles. The highest BCUT2D eigenvalue weighted by atomic mass is 32.1. The second-order valence-corrected chi connectivity index (χ2v) is 3.44. The Morgan fingerprint density at radius 1 is 1.92 bits per heavy atom. The number of carbonyl (C=O) groups excluding carboxylic acids is 1. The van der Waals surface area contributed by atoms with E-state index in [1.54, 1.807) is 18.9 Å². The van der Waals surface area contributed by atoms with Gasteiger partial charge in [-0.05, 0) is 6.92 Å². The van der Waals surface area contributed by atoms with E-state index in [4.69, 9.17) is 17.0 Å². The summed E-state index contributed by atoms with van der Waals surface area (Å²) in [6, 6.07) is 0. The van der Waals surface area contributed by atoms with Crippen molar-refractivity contribution in [1.82, 2.24) is 10.2 Å². The number of nitrogens with one attached hydrogen (secondary N) is 1. The zero-order valence-electron chi connectivity index (χ0n) is 7.16. The van der Waals surface area contributed by atoms with Crippen LogP contribution in [0.2, 0.25) is 0 Å². The second-order valence-electron chi connectivity index (χ2n) is 2.82. The number of hydrogen-bond acceptors (Lipinski definition) is 3. The number of carbonyl (C=O) groups is 1. The zero-order valence-corrected chi connectivity index (χ0v) is 7.98. The standard InChI is InChI=1S/C7H12N2O2S/c1-5(12)8-3-6-4-9(2)7(10)11-6/h6H,3-4H2,1-2H3,(H,8,12)/t6-/m0/s1. The van der Waals surface area contributed by atoms with Crippen LogP contribution in [0.4, 0.5) is 4.79 Å². The minimum atomic E-state index is -0.260. The molecule has 1 heterocycles. The van der Waals surface area contributed by atoms with Gasteiger partial charge >= 0.3 is 6.09 Å². The van der Waals surface area contributed by atoms with E-state index >= 15 is 0 Å². The third-order valence-corrected chi connectivity index (χ3v) is 1.78. The third kappa shape index (κ3) is 2.34. The zero-order chi connectivity index (χ0) is 9.14. The maximum atomic E-state index is 10.9. The number of nitrogens with zero attached hydrogens (tertiary/aromatic N) is 1. The SMILES string of the molecule is CC(=S)NC[C@H]1CN(C)C(=O)O1. The third-order valence-electron chi connectivity index (χ3n) is 1.64. The molecule has 0 unspecified atom stereocenters. The molecule has 4 nitrogen and oxygen atoms in total. The van der Waals surface area contributed by atoms with Crippen molar-refractivity contribution in [2.75, 3.05) is 20.1 Å². The summed E-state index contributed by atoms with van der Waals surface area (Å²) in [5.74, 6) is 0. The van der Waals surface area contributed by atoms with Crippen molar-refractivity contribution in [1.29, 1.82) is 0 Å². The molecule has 1 fully saturated rings. The van der Waals surface area contributed by atoms with Gasteiger partial charge in [-0.25, -0.2) is 4.79 Å². The van der Waals surface area contributed by atoms with Crippen molar-refractivity contribution in [3.8, 4) is 0 Å². The molecule has 1 aliphatic rings. The van der Waals surface area contributed by atoms with Gasteiger partial charge in [-0.1, -0.05) is 12.2 Å². The minimum Gasteiger partial charge on any atom is -0.442 e. The lowest BCUT2D eigenvalue weighted by molar-refractivity contribution is 0.135. The highest BCUT2D eigenvalue weighted by Crippen LogP contribution is 2.07. The van der Waals surface area contributed by atoms with Crippen LogP contribution in [0, 0.1) is 0 Å². The van der Waals surface area contributed by atoms with Gasteiger partial charge in [0.1, 0.15) is 6.10 Å². The molecular weight excluding hydrogens is 176 g/mol. The molecule has 1 N–H and O–H groups in total. The molecule has 0 aliphatic carbocycles. The molecule has 0 spiro atoms. The van der Waals surface area contributed by atoms with Crippen LogP contribution in [-0.2, 0) is 4.74 Å². The minimum absolute atomic E-state index is 0.0691. The van der Waals surface area contributed by atoms with Gasteiger partial charge in [0.15, 0.2) is 0 Å². The topological polar surface area (TPSA) is 41.6 Å². The van der Waals surface area contributed by atoms with Crippen LogP contribution in [0.5, 0.6) is 0 Å². The molecule has 0 aromatic heterocycles. The molecule has 12 heavy (non-hydrogen) atoms. The number of thiocarbonyl (C=S) groups is 1. The first-order valence-corrected chi connectivity index (χ1v) is 4.16. The first-order valence-electron chi connectivity index (χ1n) is 3.76. The lowest BCUT2D eigenvalue weighted by atomic mass is 10.3. The lowest BCUT2D eigenvalue weighted by Crippen LogP contribution is -2.31. The lowest BCUT2D eigenvalue weighted by Gasteiger charge is -2.08. The molecule has 1 amide bonds. The number of likely N-dealkylation sites (N-methyl/N-ethyl adjacent to an activating group) is 1. The van der Waals surface area contributed by atoms with E-state index in [9.17, 15) is 4.79 Å². The molecule has 5 heteroatoms. The number of rotatable bonds is 2. The van der Waals surface area contributed by atoms with E-state index in [0.717, 1.165) is 4.99 Å². The van der Waals surface area contributed by atoms with E-state index in [-0.39, 0.29) is 12.2 Å². The van der Waals surface area contributed by atoms with Gasteiger partial charge in [-0.15, -0.1) is 0 Å². The summed E-state index contributed by atoms with van der Waals surface area (Å²) in [7, 11) is 1.71. The van der Waals surface area contributed by atoms with E-state index in [0.29, 0.717) is 13.1 Å². The van der Waals surface area contributed by atoms with Gasteiger partial charge in [-0.3, -0.25) is 0 Å². The van der Waals surface area contributed by atoms with Gasteiger partial charge in [-0.2, -0.15) is 0 Å². The summed E-state index contributed by atoms with van der Waals surface area (Å²) >= 11 is 4.82. The predicted molar refractivity (Wildman–Crippen MR) is 49.2 cm³/mol. The molecule has 0 aromatic rings. The molecule has 1 aliphatic heterocycles. The quantitative estimate of drug-likeness (QED) is 0.636. The van der Waals surface area contributed by atoms with Crippen LogP contribution in [0.25, 0.3) is 0 Å². The summed E-state index contributed by atoms with van der Waals surface area (Å²) in [5, 5.41) is 2.96. The van der Waals surface area contributed by atoms with Crippen molar-refractivity contribution < 1.29 is 9.53 Å². The van der Waals surface area contributed by atoms with Crippen molar-refractivity contribution in [2.45, 2.75) is 13.0 Å². The molecule has 0 bridgehead atoms. The molecule has 0 aromatic carbocycles. The highest BCUT2D eigenvalue weighted by molar-refractivity contribution is 7.80. The second kappa shape index (κ2) is 3.71. The van der Waals surface area contributed by atoms with Gasteiger partial charge in [0.25, 0.3) is 0 Å². The normalized spacial score (nSPS) is 22.3. The maximum absolute atomic E-state index is 10.9. The maximum Gasteiger partial charge on any atom is 0.410 e. The average molecular weight is 188 g/mol. The largest absolute Gasteiger partial charge is 0.442 e. The van der Waals surface area contributed by atoms with Crippen molar-refractivity contribution in [2.24, 2.45) is 0 Å². The van der Waals surface area contributed by atoms with E-state index < -0.39 is 0 Å². The monoisotopic (exact) mass is 188 g/mol. The first kappa shape index (κ1) is 9.25. The molecule has 1 atom stereocenters. The number of cyclic esters (lactones) is 1. The summed E-state index contributed by atoms with van der Waals surface area (Å²) < 4.78 is 4.99. The van der Waals surface area contributed by atoms with E-state index in [2.05, 4.69) is 5.32 Å². The summed E-state index contributed by atoms with van der Waals surface area (Å²) in [6.07, 6.45) is -0.329. The predicted octanol–water partition coefficient (Wildman–Crippen LogP) is 0.374. The Balaban J connectivity index is 2.28. The van der Waals surface area contributed by atoms with Crippen LogP contribution >= 0.6 is 12.2 Å². The smallest absolute Gasteiger partial charge is 0.410 e. The molecule has 1 saturated heterocycles. The first-order chi connectivity index (χ1) is 5.59. The number of amides is 1. The molecule has 0 radical (unpaired) electrons. The Morgan fingerprint density at radius 2 is 2.58 bits per heavy atom. The van der Waals surface area contributed by atoms with Gasteiger partial charge in [0, 0.05) is 7.05 Å². The van der Waals surface area contributed by atoms with Gasteiger partial charge in [0.05, 0.1) is 18.1 Å². The Labute approximate surface area is 76.9 Å². The summed E-state index contributed by atoms with van der Waals surface area (Å²) in [5.41, 5.74) is 0. The number of ether oxygens (including phenoxy) is 1. The Hall–Kier alpha value is -0.840. The van der Waals surface area contributed by atoms with Crippen molar-refractivity contribution >= 4 is 23.3 Å². The van der Waals surface area contributed by atoms with Crippen LogP contribution < -0.4 is 5.32 Å². The van der Waals surface area contributed by atoms with Gasteiger partial charge < -0.3 is 15.0 Å². The average Bonchev–Trinajstić information content (AvgIpc) is 2.28.